The molecule has 0 aliphatic rings. The number of hydrogen-bond acceptors (Lipinski definition) is 0. The van der Waals surface area contributed by atoms with Crippen LogP contribution in [0.1, 0.15) is 176 Å². The molecule has 0 aromatic carbocycles. The van der Waals surface area contributed by atoms with Gasteiger partial charge in [0.25, 0.3) is 0 Å². The highest BCUT2D eigenvalue weighted by Gasteiger charge is 2.27. The molecule has 0 aliphatic heterocycles. The molecule has 0 fully saturated rings. The normalized spacial score (nSPS) is 12.6. The summed E-state index contributed by atoms with van der Waals surface area (Å²) in [6, 6.07) is 0. The molecule has 0 nitrogen and oxygen atoms in total. The first kappa shape index (κ1) is 29.0. The van der Waals surface area contributed by atoms with E-state index in [1.165, 1.54) is 135 Å². The maximum absolute atomic E-state index is 2.39. The van der Waals surface area contributed by atoms with Gasteiger partial charge in [-0.2, -0.15) is 0 Å². The highest BCUT2D eigenvalue weighted by Crippen LogP contribution is 2.41. The SMILES string of the molecule is CCCC(CCC)(CCC)CCCCCCCCCC(CCC)(CCC)CCC. The lowest BCUT2D eigenvalue weighted by molar-refractivity contribution is 0.184. The lowest BCUT2D eigenvalue weighted by Gasteiger charge is -2.34. The van der Waals surface area contributed by atoms with Crippen LogP contribution in [0.25, 0.3) is 0 Å². The first-order valence-corrected chi connectivity index (χ1v) is 14.1. The summed E-state index contributed by atoms with van der Waals surface area (Å²) in [6.45, 7) is 14.3. The summed E-state index contributed by atoms with van der Waals surface area (Å²) in [5.74, 6) is 0. The van der Waals surface area contributed by atoms with E-state index in [9.17, 15) is 0 Å². The van der Waals surface area contributed by atoms with E-state index in [2.05, 4.69) is 41.5 Å². The standard InChI is InChI=1S/C29H60/c1-7-20-28(21-8-2,22-9-3)26-18-16-14-13-15-17-19-27-29(23-10-4,24-11-5)25-12-6/h7-27H2,1-6H3. The third-order valence-electron chi connectivity index (χ3n) is 7.60. The van der Waals surface area contributed by atoms with Crippen molar-refractivity contribution in [1.82, 2.24) is 0 Å². The Bertz CT molecular complexity index is 263. The van der Waals surface area contributed by atoms with E-state index in [0.717, 1.165) is 0 Å². The largest absolute Gasteiger partial charge is 0.0654 e. The van der Waals surface area contributed by atoms with Gasteiger partial charge in [0.05, 0.1) is 0 Å². The third kappa shape index (κ3) is 13.1. The molecular weight excluding hydrogens is 348 g/mol. The summed E-state index contributed by atoms with van der Waals surface area (Å²) < 4.78 is 0. The molecule has 176 valence electrons. The van der Waals surface area contributed by atoms with Crippen LogP contribution in [0.2, 0.25) is 0 Å². The Labute approximate surface area is 187 Å². The fourth-order valence-corrected chi connectivity index (χ4v) is 6.57. The Morgan fingerprint density at radius 1 is 0.276 bits per heavy atom. The van der Waals surface area contributed by atoms with Gasteiger partial charge in [-0.3, -0.25) is 0 Å². The van der Waals surface area contributed by atoms with Crippen LogP contribution in [0.5, 0.6) is 0 Å². The summed E-state index contributed by atoms with van der Waals surface area (Å²) >= 11 is 0. The molecule has 0 saturated heterocycles. The van der Waals surface area contributed by atoms with Crippen LogP contribution in [0, 0.1) is 10.8 Å². The Hall–Kier alpha value is 0. The summed E-state index contributed by atoms with van der Waals surface area (Å²) in [6.07, 6.45) is 30.3. The molecule has 0 N–H and O–H groups in total. The Morgan fingerprint density at radius 2 is 0.483 bits per heavy atom. The van der Waals surface area contributed by atoms with Crippen LogP contribution in [-0.2, 0) is 0 Å². The molecule has 0 amide bonds. The molecule has 0 heterocycles. The predicted molar refractivity (Wildman–Crippen MR) is 136 cm³/mol. The van der Waals surface area contributed by atoms with Gasteiger partial charge >= 0.3 is 0 Å². The zero-order valence-corrected chi connectivity index (χ0v) is 21.8. The van der Waals surface area contributed by atoms with Gasteiger partial charge in [0.1, 0.15) is 0 Å². The van der Waals surface area contributed by atoms with E-state index in [1.807, 2.05) is 0 Å². The van der Waals surface area contributed by atoms with Gasteiger partial charge in [-0.1, -0.05) is 125 Å². The van der Waals surface area contributed by atoms with Crippen molar-refractivity contribution in [2.24, 2.45) is 10.8 Å². The van der Waals surface area contributed by atoms with Crippen LogP contribution < -0.4 is 0 Å². The van der Waals surface area contributed by atoms with E-state index in [0.29, 0.717) is 10.8 Å². The van der Waals surface area contributed by atoms with Crippen molar-refractivity contribution in [2.75, 3.05) is 0 Å². The molecule has 0 radical (unpaired) electrons. The number of rotatable bonds is 22. The first-order valence-electron chi connectivity index (χ1n) is 14.1. The van der Waals surface area contributed by atoms with E-state index in [4.69, 9.17) is 0 Å². The van der Waals surface area contributed by atoms with Gasteiger partial charge in [-0.05, 0) is 62.2 Å². The lowest BCUT2D eigenvalue weighted by Crippen LogP contribution is -2.20. The van der Waals surface area contributed by atoms with E-state index < -0.39 is 0 Å². The zero-order chi connectivity index (χ0) is 21.8. The minimum Gasteiger partial charge on any atom is -0.0654 e. The molecule has 0 bridgehead atoms. The van der Waals surface area contributed by atoms with Gasteiger partial charge in [-0.25, -0.2) is 0 Å². The topological polar surface area (TPSA) is 0 Å². The maximum atomic E-state index is 2.39. The van der Waals surface area contributed by atoms with Crippen molar-refractivity contribution in [3.05, 3.63) is 0 Å². The number of hydrogen-bond donors (Lipinski definition) is 0. The Balaban J connectivity index is 4.05. The number of unbranched alkanes of at least 4 members (excludes halogenated alkanes) is 6. The molecule has 0 saturated carbocycles. The van der Waals surface area contributed by atoms with Gasteiger partial charge in [-0.15, -0.1) is 0 Å². The predicted octanol–water partition coefficient (Wildman–Crippen LogP) is 11.3. The van der Waals surface area contributed by atoms with Crippen molar-refractivity contribution in [2.45, 2.75) is 176 Å². The van der Waals surface area contributed by atoms with Crippen LogP contribution in [0.4, 0.5) is 0 Å². The molecule has 0 spiro atoms. The van der Waals surface area contributed by atoms with Crippen molar-refractivity contribution in [3.63, 3.8) is 0 Å². The highest BCUT2D eigenvalue weighted by atomic mass is 14.3. The van der Waals surface area contributed by atoms with E-state index in [-0.39, 0.29) is 0 Å². The highest BCUT2D eigenvalue weighted by molar-refractivity contribution is 4.79. The molecule has 0 aliphatic carbocycles. The Morgan fingerprint density at radius 3 is 0.690 bits per heavy atom. The lowest BCUT2D eigenvalue weighted by atomic mass is 9.72. The molecule has 29 heavy (non-hydrogen) atoms. The fraction of sp³-hybridized carbons (Fsp3) is 1.00. The van der Waals surface area contributed by atoms with Crippen LogP contribution in [0.15, 0.2) is 0 Å². The van der Waals surface area contributed by atoms with E-state index in [1.54, 1.807) is 0 Å². The monoisotopic (exact) mass is 408 g/mol. The minimum atomic E-state index is 0.680. The van der Waals surface area contributed by atoms with Crippen molar-refractivity contribution >= 4 is 0 Å². The average Bonchev–Trinajstić information content (AvgIpc) is 2.68. The van der Waals surface area contributed by atoms with Crippen molar-refractivity contribution in [3.8, 4) is 0 Å². The molecule has 0 aromatic rings. The fourth-order valence-electron chi connectivity index (χ4n) is 6.57. The van der Waals surface area contributed by atoms with E-state index >= 15 is 0 Å². The third-order valence-corrected chi connectivity index (χ3v) is 7.60. The zero-order valence-electron chi connectivity index (χ0n) is 21.8. The Kier molecular flexibility index (Phi) is 18.7. The summed E-state index contributed by atoms with van der Waals surface area (Å²) in [5.41, 5.74) is 1.36. The average molecular weight is 409 g/mol. The summed E-state index contributed by atoms with van der Waals surface area (Å²) in [4.78, 5) is 0. The summed E-state index contributed by atoms with van der Waals surface area (Å²) in [7, 11) is 0. The second-order valence-corrected chi connectivity index (χ2v) is 10.5. The smallest absolute Gasteiger partial charge is 0.0298 e. The van der Waals surface area contributed by atoms with Crippen LogP contribution >= 0.6 is 0 Å². The van der Waals surface area contributed by atoms with Crippen LogP contribution in [0.3, 0.4) is 0 Å². The molecular formula is C29H60. The van der Waals surface area contributed by atoms with Gasteiger partial charge < -0.3 is 0 Å². The first-order chi connectivity index (χ1) is 14.1. The van der Waals surface area contributed by atoms with Crippen molar-refractivity contribution in [1.29, 1.82) is 0 Å². The molecule has 0 heteroatoms. The maximum Gasteiger partial charge on any atom is -0.0298 e. The molecule has 0 atom stereocenters. The summed E-state index contributed by atoms with van der Waals surface area (Å²) in [5, 5.41) is 0. The second kappa shape index (κ2) is 18.7. The second-order valence-electron chi connectivity index (χ2n) is 10.5. The molecule has 0 rings (SSSR count). The minimum absolute atomic E-state index is 0.680. The van der Waals surface area contributed by atoms with Gasteiger partial charge in [0, 0.05) is 0 Å². The quantitative estimate of drug-likeness (QED) is 0.156. The van der Waals surface area contributed by atoms with Gasteiger partial charge in [0.2, 0.25) is 0 Å². The van der Waals surface area contributed by atoms with Crippen LogP contribution in [-0.4, -0.2) is 0 Å². The van der Waals surface area contributed by atoms with Crippen molar-refractivity contribution < 1.29 is 0 Å². The molecule has 0 aromatic heterocycles. The van der Waals surface area contributed by atoms with Gasteiger partial charge in [0.15, 0.2) is 0 Å². The molecule has 0 unspecified atom stereocenters.